The van der Waals surface area contributed by atoms with Gasteiger partial charge >= 0.3 is 7.60 Å². The number of hydrogen-bond acceptors (Lipinski definition) is 4. The lowest BCUT2D eigenvalue weighted by Gasteiger charge is -2.15. The molecule has 4 nitrogen and oxygen atoms in total. The molecule has 0 N–H and O–H groups in total. The molecule has 0 saturated carbocycles. The summed E-state index contributed by atoms with van der Waals surface area (Å²) in [5, 5.41) is 0. The van der Waals surface area contributed by atoms with Crippen molar-refractivity contribution in [2.45, 2.75) is 33.6 Å². The summed E-state index contributed by atoms with van der Waals surface area (Å²) in [6.45, 7) is 5.98. The van der Waals surface area contributed by atoms with Crippen LogP contribution >= 0.6 is 7.60 Å². The van der Waals surface area contributed by atoms with Gasteiger partial charge in [-0.2, -0.15) is 0 Å². The number of carbonyl (C=O) groups excluding carboxylic acids is 1. The molecule has 0 aliphatic carbocycles. The maximum absolute atomic E-state index is 11.8. The van der Waals surface area contributed by atoms with Crippen LogP contribution in [-0.2, 0) is 18.4 Å². The lowest BCUT2D eigenvalue weighted by Crippen LogP contribution is -2.09. The Labute approximate surface area is 85.5 Å². The standard InChI is InChI=1S/C9H19O4P/c1-4-7-9(10)8-14(11,12-5-2)13-6-3/h4-8H2,1-3H3. The molecule has 0 unspecified atom stereocenters. The molecule has 84 valence electrons. The maximum atomic E-state index is 11.8. The first-order valence-corrected chi connectivity index (χ1v) is 6.70. The topological polar surface area (TPSA) is 52.6 Å². The highest BCUT2D eigenvalue weighted by Gasteiger charge is 2.26. The van der Waals surface area contributed by atoms with Gasteiger partial charge in [0.25, 0.3) is 0 Å². The zero-order chi connectivity index (χ0) is 11.0. The molecular weight excluding hydrogens is 203 g/mol. The van der Waals surface area contributed by atoms with E-state index < -0.39 is 7.60 Å². The van der Waals surface area contributed by atoms with Gasteiger partial charge in [0.05, 0.1) is 13.2 Å². The van der Waals surface area contributed by atoms with Crippen molar-refractivity contribution in [1.29, 1.82) is 0 Å². The Morgan fingerprint density at radius 3 is 2.00 bits per heavy atom. The van der Waals surface area contributed by atoms with Gasteiger partial charge in [0.15, 0.2) is 0 Å². The Bertz CT molecular complexity index is 205. The van der Waals surface area contributed by atoms with Crippen LogP contribution in [-0.4, -0.2) is 25.2 Å². The van der Waals surface area contributed by atoms with Crippen molar-refractivity contribution in [2.24, 2.45) is 0 Å². The molecule has 0 aliphatic heterocycles. The van der Waals surface area contributed by atoms with Gasteiger partial charge in [0.1, 0.15) is 11.9 Å². The summed E-state index contributed by atoms with van der Waals surface area (Å²) in [7, 11) is -3.15. The Morgan fingerprint density at radius 2 is 1.64 bits per heavy atom. The van der Waals surface area contributed by atoms with Crippen LogP contribution in [0.2, 0.25) is 0 Å². The third-order valence-electron chi connectivity index (χ3n) is 1.55. The van der Waals surface area contributed by atoms with Gasteiger partial charge < -0.3 is 9.05 Å². The highest BCUT2D eigenvalue weighted by atomic mass is 31.2. The molecule has 0 aromatic carbocycles. The van der Waals surface area contributed by atoms with E-state index in [1.807, 2.05) is 6.92 Å². The average molecular weight is 222 g/mol. The highest BCUT2D eigenvalue weighted by molar-refractivity contribution is 7.54. The second-order valence-electron chi connectivity index (χ2n) is 2.89. The Kier molecular flexibility index (Phi) is 7.06. The second kappa shape index (κ2) is 7.16. The van der Waals surface area contributed by atoms with E-state index >= 15 is 0 Å². The molecule has 0 rings (SSSR count). The maximum Gasteiger partial charge on any atom is 0.338 e. The molecule has 0 saturated heterocycles. The number of rotatable bonds is 8. The van der Waals surface area contributed by atoms with E-state index in [4.69, 9.17) is 9.05 Å². The summed E-state index contributed by atoms with van der Waals surface area (Å²) in [6, 6.07) is 0. The van der Waals surface area contributed by atoms with Gasteiger partial charge in [-0.05, 0) is 20.3 Å². The normalized spacial score (nSPS) is 11.6. The summed E-state index contributed by atoms with van der Waals surface area (Å²) in [5.74, 6) is -0.0577. The van der Waals surface area contributed by atoms with Gasteiger partial charge in [0, 0.05) is 6.42 Å². The zero-order valence-electron chi connectivity index (χ0n) is 9.12. The van der Waals surface area contributed by atoms with Crippen molar-refractivity contribution in [2.75, 3.05) is 19.4 Å². The minimum atomic E-state index is -3.15. The summed E-state index contributed by atoms with van der Waals surface area (Å²) in [4.78, 5) is 11.3. The number of ketones is 1. The summed E-state index contributed by atoms with van der Waals surface area (Å²) in [5.41, 5.74) is 0. The molecule has 0 amide bonds. The molecule has 0 aliphatic rings. The van der Waals surface area contributed by atoms with E-state index in [0.29, 0.717) is 19.6 Å². The van der Waals surface area contributed by atoms with E-state index in [0.717, 1.165) is 6.42 Å². The minimum absolute atomic E-state index is 0.0577. The Balaban J connectivity index is 4.21. The summed E-state index contributed by atoms with van der Waals surface area (Å²) >= 11 is 0. The predicted octanol–water partition coefficient (Wildman–Crippen LogP) is 2.62. The second-order valence-corrected chi connectivity index (χ2v) is 4.95. The van der Waals surface area contributed by atoms with Crippen molar-refractivity contribution in [3.63, 3.8) is 0 Å². The smallest absolute Gasteiger partial charge is 0.309 e. The summed E-state index contributed by atoms with van der Waals surface area (Å²) in [6.07, 6.45) is 1.10. The first-order valence-electron chi connectivity index (χ1n) is 4.97. The fraction of sp³-hybridized carbons (Fsp3) is 0.889. The van der Waals surface area contributed by atoms with Crippen LogP contribution in [0.25, 0.3) is 0 Å². The van der Waals surface area contributed by atoms with Crippen LogP contribution in [0.15, 0.2) is 0 Å². The van der Waals surface area contributed by atoms with Crippen molar-refractivity contribution in [3.05, 3.63) is 0 Å². The molecule has 0 bridgehead atoms. The first kappa shape index (κ1) is 13.8. The molecule has 0 aromatic heterocycles. The molecule has 0 atom stereocenters. The average Bonchev–Trinajstić information content (AvgIpc) is 2.04. The van der Waals surface area contributed by atoms with Crippen LogP contribution in [0.1, 0.15) is 33.6 Å². The lowest BCUT2D eigenvalue weighted by molar-refractivity contribution is -0.117. The third-order valence-corrected chi connectivity index (χ3v) is 3.59. The van der Waals surface area contributed by atoms with Crippen LogP contribution in [0.4, 0.5) is 0 Å². The number of hydrogen-bond donors (Lipinski definition) is 0. The van der Waals surface area contributed by atoms with E-state index in [1.54, 1.807) is 13.8 Å². The number of carbonyl (C=O) groups is 1. The number of Topliss-reactive ketones (excluding diaryl/α,β-unsaturated/α-hetero) is 1. The third kappa shape index (κ3) is 5.53. The Morgan fingerprint density at radius 1 is 1.14 bits per heavy atom. The van der Waals surface area contributed by atoms with Crippen molar-refractivity contribution in [3.8, 4) is 0 Å². The fourth-order valence-corrected chi connectivity index (χ4v) is 2.73. The molecule has 5 heteroatoms. The molecule has 0 radical (unpaired) electrons. The molecule has 0 spiro atoms. The van der Waals surface area contributed by atoms with Crippen LogP contribution < -0.4 is 0 Å². The van der Waals surface area contributed by atoms with Crippen LogP contribution in [0, 0.1) is 0 Å². The molecule has 0 heterocycles. The molecule has 0 fully saturated rings. The highest BCUT2D eigenvalue weighted by Crippen LogP contribution is 2.47. The molecule has 0 aromatic rings. The van der Waals surface area contributed by atoms with E-state index in [1.165, 1.54) is 0 Å². The minimum Gasteiger partial charge on any atom is -0.309 e. The van der Waals surface area contributed by atoms with Crippen molar-refractivity contribution in [1.82, 2.24) is 0 Å². The SMILES string of the molecule is CCCC(=O)CP(=O)(OCC)OCC. The van der Waals surface area contributed by atoms with Crippen LogP contribution in [0.3, 0.4) is 0 Å². The van der Waals surface area contributed by atoms with Gasteiger partial charge in [-0.15, -0.1) is 0 Å². The van der Waals surface area contributed by atoms with E-state index in [9.17, 15) is 9.36 Å². The van der Waals surface area contributed by atoms with Crippen molar-refractivity contribution < 1.29 is 18.4 Å². The zero-order valence-corrected chi connectivity index (χ0v) is 10.0. The quantitative estimate of drug-likeness (QED) is 0.592. The lowest BCUT2D eigenvalue weighted by atomic mass is 10.3. The monoisotopic (exact) mass is 222 g/mol. The predicted molar refractivity (Wildman–Crippen MR) is 55.6 cm³/mol. The van der Waals surface area contributed by atoms with Gasteiger partial charge in [-0.3, -0.25) is 9.36 Å². The van der Waals surface area contributed by atoms with E-state index in [-0.39, 0.29) is 11.9 Å². The summed E-state index contributed by atoms with van der Waals surface area (Å²) < 4.78 is 21.8. The van der Waals surface area contributed by atoms with Crippen molar-refractivity contribution >= 4 is 13.4 Å². The van der Waals surface area contributed by atoms with Crippen LogP contribution in [0.5, 0.6) is 0 Å². The van der Waals surface area contributed by atoms with Gasteiger partial charge in [0.2, 0.25) is 0 Å². The largest absolute Gasteiger partial charge is 0.338 e. The van der Waals surface area contributed by atoms with Gasteiger partial charge in [-0.25, -0.2) is 0 Å². The molecular formula is C9H19O4P. The molecule has 14 heavy (non-hydrogen) atoms. The first-order chi connectivity index (χ1) is 6.58. The van der Waals surface area contributed by atoms with Gasteiger partial charge in [-0.1, -0.05) is 6.92 Å². The Hall–Kier alpha value is -0.180. The fourth-order valence-electron chi connectivity index (χ4n) is 1.10. The van der Waals surface area contributed by atoms with E-state index in [2.05, 4.69) is 0 Å².